The van der Waals surface area contributed by atoms with Crippen LogP contribution in [0.2, 0.25) is 5.02 Å². The zero-order valence-corrected chi connectivity index (χ0v) is 10.5. The molecule has 4 nitrogen and oxygen atoms in total. The van der Waals surface area contributed by atoms with E-state index in [1.54, 1.807) is 0 Å². The zero-order valence-electron chi connectivity index (χ0n) is 9.78. The van der Waals surface area contributed by atoms with Gasteiger partial charge in [-0.25, -0.2) is 9.97 Å². The van der Waals surface area contributed by atoms with Crippen LogP contribution in [0.1, 0.15) is 15.9 Å². The fourth-order valence-corrected chi connectivity index (χ4v) is 1.57. The van der Waals surface area contributed by atoms with Gasteiger partial charge in [0.05, 0.1) is 28.5 Å². The predicted molar refractivity (Wildman–Crippen MR) is 66.4 cm³/mol. The van der Waals surface area contributed by atoms with E-state index >= 15 is 0 Å². The highest BCUT2D eigenvalue weighted by Gasteiger charge is 2.34. The zero-order chi connectivity index (χ0) is 14.8. The van der Waals surface area contributed by atoms with E-state index in [9.17, 15) is 18.0 Å². The quantitative estimate of drug-likeness (QED) is 0.925. The van der Waals surface area contributed by atoms with E-state index < -0.39 is 23.2 Å². The second-order valence-corrected chi connectivity index (χ2v) is 4.16. The number of aromatic nitrogens is 2. The van der Waals surface area contributed by atoms with Gasteiger partial charge < -0.3 is 0 Å². The van der Waals surface area contributed by atoms with E-state index in [-0.39, 0.29) is 11.0 Å². The third-order valence-corrected chi connectivity index (χ3v) is 2.52. The van der Waals surface area contributed by atoms with E-state index in [2.05, 4.69) is 15.3 Å². The van der Waals surface area contributed by atoms with Gasteiger partial charge in [0.2, 0.25) is 5.95 Å². The van der Waals surface area contributed by atoms with Crippen LogP contribution < -0.4 is 5.32 Å². The molecular formula is C12H7ClF3N3O. The molecule has 2 rings (SSSR count). The number of rotatable bonds is 2. The highest BCUT2D eigenvalue weighted by molar-refractivity contribution is 6.30. The van der Waals surface area contributed by atoms with Gasteiger partial charge in [-0.15, -0.1) is 0 Å². The van der Waals surface area contributed by atoms with Crippen molar-refractivity contribution in [2.75, 3.05) is 5.32 Å². The van der Waals surface area contributed by atoms with Crippen LogP contribution in [-0.2, 0) is 6.18 Å². The van der Waals surface area contributed by atoms with Crippen LogP contribution in [0.25, 0.3) is 0 Å². The lowest BCUT2D eigenvalue weighted by Crippen LogP contribution is -2.19. The molecule has 1 aromatic heterocycles. The summed E-state index contributed by atoms with van der Waals surface area (Å²) in [7, 11) is 0. The second kappa shape index (κ2) is 5.46. The van der Waals surface area contributed by atoms with Gasteiger partial charge in [0.1, 0.15) is 0 Å². The van der Waals surface area contributed by atoms with Crippen LogP contribution in [0, 0.1) is 0 Å². The number of nitrogens with one attached hydrogen (secondary N) is 1. The van der Waals surface area contributed by atoms with Crippen molar-refractivity contribution >= 4 is 23.5 Å². The normalized spacial score (nSPS) is 11.2. The molecule has 1 heterocycles. The predicted octanol–water partition coefficient (Wildman–Crippen LogP) is 3.40. The van der Waals surface area contributed by atoms with E-state index in [4.69, 9.17) is 11.6 Å². The van der Waals surface area contributed by atoms with Crippen molar-refractivity contribution < 1.29 is 18.0 Å². The first-order valence-corrected chi connectivity index (χ1v) is 5.71. The van der Waals surface area contributed by atoms with Gasteiger partial charge in [-0.2, -0.15) is 13.2 Å². The Morgan fingerprint density at radius 3 is 2.35 bits per heavy atom. The molecular weight excluding hydrogens is 295 g/mol. The molecule has 8 heteroatoms. The number of hydrogen-bond donors (Lipinski definition) is 1. The highest BCUT2D eigenvalue weighted by atomic mass is 35.5. The van der Waals surface area contributed by atoms with Crippen molar-refractivity contribution in [3.05, 3.63) is 52.8 Å². The van der Waals surface area contributed by atoms with Crippen molar-refractivity contribution in [2.45, 2.75) is 6.18 Å². The molecule has 1 amide bonds. The summed E-state index contributed by atoms with van der Waals surface area (Å²) >= 11 is 5.56. The van der Waals surface area contributed by atoms with Gasteiger partial charge in [-0.1, -0.05) is 23.7 Å². The van der Waals surface area contributed by atoms with Gasteiger partial charge in [-0.05, 0) is 12.1 Å². The minimum absolute atomic E-state index is 0.128. The molecule has 0 bridgehead atoms. The second-order valence-electron chi connectivity index (χ2n) is 3.72. The van der Waals surface area contributed by atoms with Crippen LogP contribution in [0.15, 0.2) is 36.7 Å². The molecule has 0 saturated heterocycles. The standard InChI is InChI=1S/C12H7ClF3N3O/c13-7-5-17-11(18-6-7)19-10(20)8-3-1-2-4-9(8)12(14,15)16/h1-6H,(H,17,18,19,20). The van der Waals surface area contributed by atoms with E-state index in [0.717, 1.165) is 12.1 Å². The lowest BCUT2D eigenvalue weighted by atomic mass is 10.1. The minimum Gasteiger partial charge on any atom is -0.290 e. The largest absolute Gasteiger partial charge is 0.417 e. The van der Waals surface area contributed by atoms with Gasteiger partial charge in [0.15, 0.2) is 0 Å². The molecule has 0 fully saturated rings. The molecule has 1 aromatic carbocycles. The van der Waals surface area contributed by atoms with Gasteiger partial charge >= 0.3 is 6.18 Å². The first kappa shape index (κ1) is 14.3. The fraction of sp³-hybridized carbons (Fsp3) is 0.0833. The fourth-order valence-electron chi connectivity index (χ4n) is 1.47. The summed E-state index contributed by atoms with van der Waals surface area (Å²) in [5.74, 6) is -1.07. The number of carbonyl (C=O) groups excluding carboxylic acids is 1. The smallest absolute Gasteiger partial charge is 0.290 e. The van der Waals surface area contributed by atoms with Crippen molar-refractivity contribution in [1.82, 2.24) is 9.97 Å². The van der Waals surface area contributed by atoms with E-state index in [1.807, 2.05) is 0 Å². The summed E-state index contributed by atoms with van der Waals surface area (Å²) in [6.45, 7) is 0. The maximum absolute atomic E-state index is 12.8. The van der Waals surface area contributed by atoms with Crippen LogP contribution in [0.5, 0.6) is 0 Å². The summed E-state index contributed by atoms with van der Waals surface area (Å²) in [4.78, 5) is 19.2. The Labute approximate surface area is 116 Å². The molecule has 104 valence electrons. The minimum atomic E-state index is -4.62. The number of amides is 1. The summed E-state index contributed by atoms with van der Waals surface area (Å²) < 4.78 is 38.3. The highest BCUT2D eigenvalue weighted by Crippen LogP contribution is 2.32. The molecule has 0 spiro atoms. The average Bonchev–Trinajstić information content (AvgIpc) is 2.40. The van der Waals surface area contributed by atoms with E-state index in [0.29, 0.717) is 0 Å². The number of hydrogen-bond acceptors (Lipinski definition) is 3. The third kappa shape index (κ3) is 3.24. The van der Waals surface area contributed by atoms with Crippen LogP contribution in [0.4, 0.5) is 19.1 Å². The molecule has 0 aliphatic heterocycles. The number of nitrogens with zero attached hydrogens (tertiary/aromatic N) is 2. The van der Waals surface area contributed by atoms with Crippen molar-refractivity contribution in [1.29, 1.82) is 0 Å². The number of carbonyl (C=O) groups is 1. The van der Waals surface area contributed by atoms with E-state index in [1.165, 1.54) is 24.5 Å². The summed E-state index contributed by atoms with van der Waals surface area (Å²) in [6, 6.07) is 4.46. The average molecular weight is 302 g/mol. The Hall–Kier alpha value is -2.15. The van der Waals surface area contributed by atoms with Crippen molar-refractivity contribution in [3.63, 3.8) is 0 Å². The Morgan fingerprint density at radius 1 is 1.15 bits per heavy atom. The Kier molecular flexibility index (Phi) is 3.89. The maximum Gasteiger partial charge on any atom is 0.417 e. The van der Waals surface area contributed by atoms with Crippen LogP contribution in [0.3, 0.4) is 0 Å². The molecule has 20 heavy (non-hydrogen) atoms. The van der Waals surface area contributed by atoms with Gasteiger partial charge in [0.25, 0.3) is 5.91 Å². The lowest BCUT2D eigenvalue weighted by Gasteiger charge is -2.11. The van der Waals surface area contributed by atoms with Crippen molar-refractivity contribution in [3.8, 4) is 0 Å². The summed E-state index contributed by atoms with van der Waals surface area (Å²) in [5, 5.41) is 2.43. The molecule has 0 saturated carbocycles. The third-order valence-electron chi connectivity index (χ3n) is 2.32. The maximum atomic E-state index is 12.8. The number of benzene rings is 1. The molecule has 0 atom stereocenters. The molecule has 0 unspecified atom stereocenters. The summed E-state index contributed by atoms with van der Waals surface area (Å²) in [6.07, 6.45) is -2.17. The van der Waals surface area contributed by atoms with Gasteiger partial charge in [0, 0.05) is 0 Å². The van der Waals surface area contributed by atoms with Gasteiger partial charge in [-0.3, -0.25) is 10.1 Å². The molecule has 0 aliphatic rings. The topological polar surface area (TPSA) is 54.9 Å². The Morgan fingerprint density at radius 2 is 1.75 bits per heavy atom. The van der Waals surface area contributed by atoms with Crippen LogP contribution in [-0.4, -0.2) is 15.9 Å². The number of alkyl halides is 3. The SMILES string of the molecule is O=C(Nc1ncc(Cl)cn1)c1ccccc1C(F)(F)F. The molecule has 1 N–H and O–H groups in total. The van der Waals surface area contributed by atoms with Crippen molar-refractivity contribution in [2.24, 2.45) is 0 Å². The first-order valence-electron chi connectivity index (χ1n) is 5.33. The Bertz CT molecular complexity index is 629. The first-order chi connectivity index (χ1) is 9.38. The molecule has 0 aliphatic carbocycles. The number of anilines is 1. The molecule has 0 radical (unpaired) electrons. The Balaban J connectivity index is 2.28. The lowest BCUT2D eigenvalue weighted by molar-refractivity contribution is -0.137. The monoisotopic (exact) mass is 301 g/mol. The molecule has 2 aromatic rings. The number of halogens is 4. The summed E-state index contributed by atoms with van der Waals surface area (Å²) in [5.41, 5.74) is -1.52. The van der Waals surface area contributed by atoms with Crippen LogP contribution >= 0.6 is 11.6 Å².